The van der Waals surface area contributed by atoms with Crippen molar-refractivity contribution in [3.8, 4) is 6.07 Å². The van der Waals surface area contributed by atoms with Gasteiger partial charge in [0.2, 0.25) is 5.91 Å². The summed E-state index contributed by atoms with van der Waals surface area (Å²) in [6.07, 6.45) is -0.0779. The van der Waals surface area contributed by atoms with E-state index in [1.807, 2.05) is 0 Å². The SMILES string of the molecule is CCN(C)[C@@H](CC(C#N)C(N)=O)C(=O)O. The van der Waals surface area contributed by atoms with Crippen LogP contribution in [0.1, 0.15) is 13.3 Å². The molecule has 1 unspecified atom stereocenters. The normalized spacial score (nSPS) is 14.3. The first-order valence-electron chi connectivity index (χ1n) is 4.56. The number of nitriles is 1. The van der Waals surface area contributed by atoms with Crippen molar-refractivity contribution in [1.29, 1.82) is 5.26 Å². The van der Waals surface area contributed by atoms with Crippen LogP contribution in [0.15, 0.2) is 0 Å². The van der Waals surface area contributed by atoms with E-state index in [0.29, 0.717) is 6.54 Å². The predicted molar refractivity (Wildman–Crippen MR) is 52.6 cm³/mol. The van der Waals surface area contributed by atoms with E-state index in [0.717, 1.165) is 0 Å². The maximum Gasteiger partial charge on any atom is 0.320 e. The van der Waals surface area contributed by atoms with E-state index in [4.69, 9.17) is 16.1 Å². The number of primary amides is 1. The van der Waals surface area contributed by atoms with Gasteiger partial charge in [0.05, 0.1) is 6.07 Å². The summed E-state index contributed by atoms with van der Waals surface area (Å²) in [5, 5.41) is 17.5. The first-order valence-corrected chi connectivity index (χ1v) is 4.56. The summed E-state index contributed by atoms with van der Waals surface area (Å²) < 4.78 is 0. The molecule has 0 aromatic carbocycles. The van der Waals surface area contributed by atoms with Crippen LogP contribution in [-0.4, -0.2) is 41.5 Å². The van der Waals surface area contributed by atoms with Crippen LogP contribution in [0, 0.1) is 17.2 Å². The van der Waals surface area contributed by atoms with E-state index in [9.17, 15) is 9.59 Å². The van der Waals surface area contributed by atoms with E-state index in [-0.39, 0.29) is 6.42 Å². The van der Waals surface area contributed by atoms with Gasteiger partial charge in [0.1, 0.15) is 12.0 Å². The third-order valence-electron chi connectivity index (χ3n) is 2.27. The number of nitrogens with two attached hydrogens (primary N) is 1. The lowest BCUT2D eigenvalue weighted by molar-refractivity contribution is -0.143. The third-order valence-corrected chi connectivity index (χ3v) is 2.27. The summed E-state index contributed by atoms with van der Waals surface area (Å²) in [6, 6.07) is 0.847. The van der Waals surface area contributed by atoms with E-state index in [1.54, 1.807) is 24.9 Å². The molecular formula is C9H15N3O3. The van der Waals surface area contributed by atoms with Gasteiger partial charge in [0.15, 0.2) is 0 Å². The Hall–Kier alpha value is -1.61. The van der Waals surface area contributed by atoms with Gasteiger partial charge in [-0.25, -0.2) is 0 Å². The van der Waals surface area contributed by atoms with Crippen molar-refractivity contribution in [3.63, 3.8) is 0 Å². The lowest BCUT2D eigenvalue weighted by Crippen LogP contribution is -2.41. The lowest BCUT2D eigenvalue weighted by Gasteiger charge is -2.23. The van der Waals surface area contributed by atoms with Crippen molar-refractivity contribution < 1.29 is 14.7 Å². The number of aliphatic carboxylic acids is 1. The van der Waals surface area contributed by atoms with Crippen molar-refractivity contribution in [2.45, 2.75) is 19.4 Å². The molecule has 3 N–H and O–H groups in total. The summed E-state index contributed by atoms with van der Waals surface area (Å²) in [5.74, 6) is -2.89. The summed E-state index contributed by atoms with van der Waals surface area (Å²) in [6.45, 7) is 2.31. The first kappa shape index (κ1) is 13.4. The number of rotatable bonds is 6. The second-order valence-electron chi connectivity index (χ2n) is 3.25. The van der Waals surface area contributed by atoms with E-state index < -0.39 is 23.8 Å². The predicted octanol–water partition coefficient (Wildman–Crippen LogP) is -0.594. The number of nitrogens with zero attached hydrogens (tertiary/aromatic N) is 2. The van der Waals surface area contributed by atoms with E-state index >= 15 is 0 Å². The molecule has 0 rings (SSSR count). The zero-order valence-electron chi connectivity index (χ0n) is 8.80. The molecule has 0 saturated carbocycles. The van der Waals surface area contributed by atoms with Gasteiger partial charge < -0.3 is 10.8 Å². The van der Waals surface area contributed by atoms with Crippen LogP contribution in [-0.2, 0) is 9.59 Å². The molecule has 6 nitrogen and oxygen atoms in total. The Labute approximate surface area is 88.3 Å². The number of carboxylic acids is 1. The van der Waals surface area contributed by atoms with Gasteiger partial charge in [0.25, 0.3) is 0 Å². The van der Waals surface area contributed by atoms with Crippen LogP contribution in [0.2, 0.25) is 0 Å². The molecule has 0 radical (unpaired) electrons. The average molecular weight is 213 g/mol. The number of carbonyl (C=O) groups excluding carboxylic acids is 1. The second kappa shape index (κ2) is 5.98. The number of hydrogen-bond donors (Lipinski definition) is 2. The molecule has 0 aromatic rings. The van der Waals surface area contributed by atoms with Gasteiger partial charge in [-0.2, -0.15) is 5.26 Å². The van der Waals surface area contributed by atoms with Crippen molar-refractivity contribution in [2.75, 3.05) is 13.6 Å². The molecule has 0 aliphatic heterocycles. The number of hydrogen-bond acceptors (Lipinski definition) is 4. The minimum atomic E-state index is -1.06. The van der Waals surface area contributed by atoms with Gasteiger partial charge in [-0.15, -0.1) is 0 Å². The largest absolute Gasteiger partial charge is 0.480 e. The van der Waals surface area contributed by atoms with E-state index in [2.05, 4.69) is 0 Å². The third kappa shape index (κ3) is 3.95. The molecule has 0 aliphatic carbocycles. The highest BCUT2D eigenvalue weighted by atomic mass is 16.4. The summed E-state index contributed by atoms with van der Waals surface area (Å²) in [4.78, 5) is 23.2. The Bertz CT molecular complexity index is 285. The van der Waals surface area contributed by atoms with Crippen LogP contribution in [0.3, 0.4) is 0 Å². The van der Waals surface area contributed by atoms with Crippen molar-refractivity contribution >= 4 is 11.9 Å². The maximum absolute atomic E-state index is 10.9. The zero-order chi connectivity index (χ0) is 12.0. The van der Waals surface area contributed by atoms with Crippen molar-refractivity contribution in [3.05, 3.63) is 0 Å². The molecule has 6 heteroatoms. The molecule has 0 saturated heterocycles. The van der Waals surface area contributed by atoms with Gasteiger partial charge >= 0.3 is 5.97 Å². The number of carbonyl (C=O) groups is 2. The molecule has 0 spiro atoms. The fraction of sp³-hybridized carbons (Fsp3) is 0.667. The van der Waals surface area contributed by atoms with Crippen LogP contribution in [0.5, 0.6) is 0 Å². The highest BCUT2D eigenvalue weighted by Crippen LogP contribution is 2.10. The molecular weight excluding hydrogens is 198 g/mol. The molecule has 0 aliphatic rings. The molecule has 15 heavy (non-hydrogen) atoms. The summed E-state index contributed by atoms with van der Waals surface area (Å²) in [7, 11) is 1.62. The fourth-order valence-electron chi connectivity index (χ4n) is 1.15. The van der Waals surface area contributed by atoms with Crippen LogP contribution in [0.4, 0.5) is 0 Å². The smallest absolute Gasteiger partial charge is 0.320 e. The number of amides is 1. The molecule has 1 amide bonds. The van der Waals surface area contributed by atoms with Crippen molar-refractivity contribution in [1.82, 2.24) is 4.90 Å². The Balaban J connectivity index is 4.61. The molecule has 84 valence electrons. The minimum absolute atomic E-state index is 0.0779. The van der Waals surface area contributed by atoms with Gasteiger partial charge in [-0.1, -0.05) is 6.92 Å². The quantitative estimate of drug-likeness (QED) is 0.613. The van der Waals surface area contributed by atoms with Crippen LogP contribution < -0.4 is 5.73 Å². The summed E-state index contributed by atoms with van der Waals surface area (Å²) in [5.41, 5.74) is 4.96. The number of carboxylic acid groups (broad SMARTS) is 1. The Kier molecular flexibility index (Phi) is 5.34. The second-order valence-corrected chi connectivity index (χ2v) is 3.25. The van der Waals surface area contributed by atoms with Gasteiger partial charge in [-0.3, -0.25) is 14.5 Å². The first-order chi connectivity index (χ1) is 6.93. The molecule has 0 heterocycles. The fourth-order valence-corrected chi connectivity index (χ4v) is 1.15. The topological polar surface area (TPSA) is 107 Å². The van der Waals surface area contributed by atoms with Crippen LogP contribution >= 0.6 is 0 Å². The molecule has 2 atom stereocenters. The Morgan fingerprint density at radius 2 is 2.13 bits per heavy atom. The zero-order valence-corrected chi connectivity index (χ0v) is 8.80. The highest BCUT2D eigenvalue weighted by molar-refractivity contribution is 5.81. The standard InChI is InChI=1S/C9H15N3O3/c1-3-12(2)7(9(14)15)4-6(5-10)8(11)13/h6-7H,3-4H2,1-2H3,(H2,11,13)(H,14,15)/t6?,7-/m0/s1. The number of likely N-dealkylation sites (N-methyl/N-ethyl adjacent to an activating group) is 1. The van der Waals surface area contributed by atoms with E-state index in [1.165, 1.54) is 0 Å². The minimum Gasteiger partial charge on any atom is -0.480 e. The lowest BCUT2D eigenvalue weighted by atomic mass is 10.00. The summed E-state index contributed by atoms with van der Waals surface area (Å²) >= 11 is 0. The van der Waals surface area contributed by atoms with Crippen molar-refractivity contribution in [2.24, 2.45) is 11.7 Å². The van der Waals surface area contributed by atoms with Gasteiger partial charge in [-0.05, 0) is 20.0 Å². The molecule has 0 bridgehead atoms. The molecule has 0 fully saturated rings. The Morgan fingerprint density at radius 1 is 1.60 bits per heavy atom. The average Bonchev–Trinajstić information content (AvgIpc) is 2.17. The Morgan fingerprint density at radius 3 is 2.40 bits per heavy atom. The molecule has 0 aromatic heterocycles. The highest BCUT2D eigenvalue weighted by Gasteiger charge is 2.28. The van der Waals surface area contributed by atoms with Crippen LogP contribution in [0.25, 0.3) is 0 Å². The maximum atomic E-state index is 10.9. The van der Waals surface area contributed by atoms with Gasteiger partial charge in [0, 0.05) is 0 Å². The monoisotopic (exact) mass is 213 g/mol.